The lowest BCUT2D eigenvalue weighted by atomic mass is 9.91. The molecule has 2 aliphatic carbocycles. The first-order chi connectivity index (χ1) is 42.6. The van der Waals surface area contributed by atoms with E-state index in [0.717, 1.165) is 94.9 Å². The number of carbonyl (C=O) groups is 6. The van der Waals surface area contributed by atoms with E-state index in [4.69, 9.17) is 21.3 Å². The highest BCUT2D eigenvalue weighted by Gasteiger charge is 2.62. The number of ether oxygens (including phenoxy) is 1. The SMILES string of the molecule is CC(C)(C)n1c(Cl)nc2ccccc21.C[C@H]1CCCCC/C=C\[C@@H]2C[C@@]2(C(=O)NS(=O)(=O)N(C)C)CC(=O)[C@@H]2C[C@@H](O)CN2C1=O.C[C@H]1CCCCC/C=C\[C@@H]2C[C@@]2(C(=O)NS(=O)(=O)N(C)C)CC(=O)[C@@H]2C[C@@H](Oc3nc4ccccc4n3C(C)(C)C)CN2C1=O. The highest BCUT2D eigenvalue weighted by molar-refractivity contribution is 7.88. The second-order valence-corrected chi connectivity index (χ2v) is 32.3. The monoisotopic (exact) mass is 1320 g/mol. The van der Waals surface area contributed by atoms with Crippen LogP contribution in [0.2, 0.25) is 5.28 Å². The molecule has 0 radical (unpaired) electrons. The molecule has 2 saturated heterocycles. The average molecular weight is 1320 g/mol. The summed E-state index contributed by atoms with van der Waals surface area (Å²) in [5.74, 6) is -3.17. The lowest BCUT2D eigenvalue weighted by Crippen LogP contribution is -2.47. The Morgan fingerprint density at radius 2 is 1.05 bits per heavy atom. The molecule has 3 N–H and O–H groups in total. The molecule has 500 valence electrons. The van der Waals surface area contributed by atoms with Gasteiger partial charge in [0.05, 0.1) is 57.6 Å². The first-order valence-corrected chi connectivity index (χ1v) is 35.3. The van der Waals surface area contributed by atoms with Crippen molar-refractivity contribution in [1.82, 2.24) is 47.0 Å². The molecule has 4 fully saturated rings. The zero-order valence-corrected chi connectivity index (χ0v) is 57.4. The fourth-order valence-electron chi connectivity index (χ4n) is 13.2. The fourth-order valence-corrected chi connectivity index (χ4v) is 14.8. The summed E-state index contributed by atoms with van der Waals surface area (Å²) < 4.78 is 66.4. The zero-order valence-electron chi connectivity index (χ0n) is 55.0. The van der Waals surface area contributed by atoms with Crippen LogP contribution in [-0.2, 0) is 60.3 Å². The van der Waals surface area contributed by atoms with Gasteiger partial charge in [0.1, 0.15) is 6.10 Å². The second kappa shape index (κ2) is 28.3. The molecule has 25 heteroatoms. The van der Waals surface area contributed by atoms with Gasteiger partial charge < -0.3 is 24.2 Å². The van der Waals surface area contributed by atoms with Crippen molar-refractivity contribution in [2.75, 3.05) is 41.3 Å². The minimum atomic E-state index is -4.04. The number of hydrogen-bond acceptors (Lipinski definition) is 14. The van der Waals surface area contributed by atoms with Gasteiger partial charge >= 0.3 is 20.4 Å². The number of Topliss-reactive ketones (excluding diaryl/α,β-unsaturated/α-hetero) is 2. The molecule has 6 heterocycles. The van der Waals surface area contributed by atoms with Gasteiger partial charge in [-0.25, -0.2) is 14.4 Å². The average Bonchev–Trinajstić information content (AvgIpc) is 1.60. The van der Waals surface area contributed by atoms with Crippen LogP contribution in [0.25, 0.3) is 22.1 Å². The molecule has 2 saturated carbocycles. The summed E-state index contributed by atoms with van der Waals surface area (Å²) in [7, 11) is -2.70. The number of aromatic nitrogens is 4. The summed E-state index contributed by atoms with van der Waals surface area (Å²) in [5, 5.41) is 10.7. The summed E-state index contributed by atoms with van der Waals surface area (Å²) in [6.45, 7) is 16.7. The van der Waals surface area contributed by atoms with E-state index in [0.29, 0.717) is 24.1 Å². The number of carbonyl (C=O) groups excluding carboxylic acids is 6. The molecule has 22 nitrogen and oxygen atoms in total. The second-order valence-electron chi connectivity index (χ2n) is 28.2. The van der Waals surface area contributed by atoms with Crippen LogP contribution in [0.4, 0.5) is 0 Å². The fraction of sp³-hybridized carbons (Fsp3) is 0.636. The summed E-state index contributed by atoms with van der Waals surface area (Å²) in [4.78, 5) is 93.1. The Morgan fingerprint density at radius 3 is 1.52 bits per heavy atom. The summed E-state index contributed by atoms with van der Waals surface area (Å²) in [5.41, 5.74) is 1.06. The molecular weight excluding hydrogens is 1220 g/mol. The van der Waals surface area contributed by atoms with E-state index in [9.17, 15) is 50.7 Å². The Labute approximate surface area is 542 Å². The van der Waals surface area contributed by atoms with Crippen LogP contribution >= 0.6 is 11.6 Å². The lowest BCUT2D eigenvalue weighted by Gasteiger charge is -2.28. The number of aliphatic hydroxyl groups is 1. The van der Waals surface area contributed by atoms with E-state index < -0.39 is 67.4 Å². The van der Waals surface area contributed by atoms with Crippen molar-refractivity contribution in [3.8, 4) is 6.01 Å². The Balaban J connectivity index is 0.000000200. The Kier molecular flexibility index (Phi) is 22.0. The van der Waals surface area contributed by atoms with Crippen LogP contribution in [0, 0.1) is 34.5 Å². The molecule has 4 amide bonds. The van der Waals surface area contributed by atoms with E-state index in [1.165, 1.54) is 33.1 Å². The zero-order chi connectivity index (χ0) is 66.8. The number of hydrogen-bond donors (Lipinski definition) is 3. The minimum absolute atomic E-state index is 0.0345. The molecule has 4 aliphatic heterocycles. The molecule has 91 heavy (non-hydrogen) atoms. The smallest absolute Gasteiger partial charge is 0.303 e. The van der Waals surface area contributed by atoms with E-state index in [-0.39, 0.29) is 96.9 Å². The lowest BCUT2D eigenvalue weighted by molar-refractivity contribution is -0.142. The third kappa shape index (κ3) is 16.3. The number of nitrogens with one attached hydrogen (secondary N) is 2. The van der Waals surface area contributed by atoms with Gasteiger partial charge in [-0.05, 0) is 141 Å². The maximum absolute atomic E-state index is 14.2. The van der Waals surface area contributed by atoms with E-state index in [2.05, 4.69) is 56.0 Å². The van der Waals surface area contributed by atoms with Crippen molar-refractivity contribution in [3.63, 3.8) is 0 Å². The quantitative estimate of drug-likeness (QED) is 0.139. The molecule has 2 aromatic carbocycles. The Bertz CT molecular complexity index is 3650. The number of fused-ring (bicyclic) bond motifs is 6. The van der Waals surface area contributed by atoms with Crippen molar-refractivity contribution < 1.29 is 55.4 Å². The summed E-state index contributed by atoms with van der Waals surface area (Å²) in [6, 6.07) is 14.7. The van der Waals surface area contributed by atoms with E-state index >= 15 is 0 Å². The first-order valence-electron chi connectivity index (χ1n) is 32.1. The molecule has 2 aromatic heterocycles. The number of amides is 4. The van der Waals surface area contributed by atoms with Gasteiger partial charge in [-0.2, -0.15) is 30.4 Å². The first kappa shape index (κ1) is 70.8. The highest BCUT2D eigenvalue weighted by atomic mass is 35.5. The number of halogens is 1. The van der Waals surface area contributed by atoms with Crippen molar-refractivity contribution >= 4 is 89.3 Å². The highest BCUT2D eigenvalue weighted by Crippen LogP contribution is 2.58. The number of ketones is 2. The maximum atomic E-state index is 14.2. The molecule has 0 unspecified atom stereocenters. The van der Waals surface area contributed by atoms with Crippen molar-refractivity contribution in [1.29, 1.82) is 0 Å². The summed E-state index contributed by atoms with van der Waals surface area (Å²) in [6.07, 6.45) is 16.3. The number of allylic oxidation sites excluding steroid dienone is 4. The van der Waals surface area contributed by atoms with Crippen LogP contribution in [0.3, 0.4) is 0 Å². The molecule has 0 bridgehead atoms. The standard InChI is InChI=1S/C33H47N5O6S.C22H35N3O6S.C11H13ClN2/c1-22-14-10-8-7-9-11-15-23-19-33(23,30(41)35-45(42,43)36(5)6)20-28(39)27-18-24(21-37(27)29(22)40)44-31-34-25-16-12-13-17-26(25)38(31)32(2,3)4;1-15-9-7-5-4-6-8-10-16-12-22(16,21(29)23-32(30,31)24(2)3)13-19(27)18-11-17(26)14-25(18)20(15)28;1-11(2,3)14-9-7-5-4-6-8(9)13-10(14)12/h11-13,15-17,22-24,27H,7-10,14,18-21H2,1-6H3,(H,35,41);8,10,15-18,26H,4-7,9,11-14H2,1-3H3,(H,23,29);4-7H,1-3H3/b15-11-;10-8-;/t22-,23+,24+,27-,33+;15-,16+,17+,18-,22+;/m00./s1. The van der Waals surface area contributed by atoms with E-state index in [1.54, 1.807) is 4.90 Å². The molecular formula is C66H95ClN10O12S2. The topological polar surface area (TPSA) is 273 Å². The van der Waals surface area contributed by atoms with Crippen LogP contribution in [0.5, 0.6) is 6.01 Å². The molecule has 6 aliphatic rings. The summed E-state index contributed by atoms with van der Waals surface area (Å²) >= 11 is 6.10. The van der Waals surface area contributed by atoms with Gasteiger partial charge in [-0.3, -0.25) is 33.3 Å². The number of aliphatic hydroxyl groups excluding tert-OH is 1. The third-order valence-electron chi connectivity index (χ3n) is 18.7. The van der Waals surface area contributed by atoms with Crippen LogP contribution in [-0.4, -0.2) is 160 Å². The van der Waals surface area contributed by atoms with Crippen LogP contribution in [0.15, 0.2) is 72.8 Å². The van der Waals surface area contributed by atoms with Gasteiger partial charge in [0, 0.05) is 83.3 Å². The van der Waals surface area contributed by atoms with Crippen LogP contribution in [0.1, 0.15) is 158 Å². The number of rotatable bonds is 8. The van der Waals surface area contributed by atoms with Crippen molar-refractivity contribution in [2.45, 2.75) is 193 Å². The Hall–Kier alpha value is -6.05. The Morgan fingerprint density at radius 1 is 0.626 bits per heavy atom. The molecule has 0 spiro atoms. The minimum Gasteiger partial charge on any atom is -0.459 e. The number of imidazole rings is 2. The van der Waals surface area contributed by atoms with Crippen LogP contribution < -0.4 is 14.2 Å². The van der Waals surface area contributed by atoms with Gasteiger partial charge in [0.15, 0.2) is 11.6 Å². The van der Waals surface area contributed by atoms with Gasteiger partial charge in [-0.15, -0.1) is 0 Å². The maximum Gasteiger partial charge on any atom is 0.303 e. The molecule has 4 aromatic rings. The van der Waals surface area contributed by atoms with Gasteiger partial charge in [-0.1, -0.05) is 88.1 Å². The predicted molar refractivity (Wildman–Crippen MR) is 350 cm³/mol. The van der Waals surface area contributed by atoms with Gasteiger partial charge in [0.25, 0.3) is 6.01 Å². The number of nitrogens with zero attached hydrogens (tertiary/aromatic N) is 8. The predicted octanol–water partition coefficient (Wildman–Crippen LogP) is 8.62. The number of benzene rings is 2. The normalized spacial score (nSPS) is 28.7. The van der Waals surface area contributed by atoms with Crippen molar-refractivity contribution in [3.05, 3.63) is 78.1 Å². The molecule has 10 rings (SSSR count). The third-order valence-corrected chi connectivity index (χ3v) is 21.7. The van der Waals surface area contributed by atoms with Gasteiger partial charge in [0.2, 0.25) is 28.9 Å². The largest absolute Gasteiger partial charge is 0.459 e. The number of para-hydroxylation sites is 4. The molecule has 10 atom stereocenters. The van der Waals surface area contributed by atoms with Crippen molar-refractivity contribution in [2.24, 2.45) is 34.5 Å². The van der Waals surface area contributed by atoms with E-state index in [1.807, 2.05) is 95.8 Å².